The fourth-order valence-corrected chi connectivity index (χ4v) is 2.41. The molecule has 0 atom stereocenters. The van der Waals surface area contributed by atoms with Crippen molar-refractivity contribution in [2.45, 2.75) is 19.8 Å². The van der Waals surface area contributed by atoms with Crippen LogP contribution in [0.5, 0.6) is 0 Å². The van der Waals surface area contributed by atoms with Gasteiger partial charge in [0.25, 0.3) is 5.91 Å². The van der Waals surface area contributed by atoms with Crippen LogP contribution in [-0.2, 0) is 6.42 Å². The topological polar surface area (TPSA) is 46.3 Å². The van der Waals surface area contributed by atoms with Crippen molar-refractivity contribution in [3.63, 3.8) is 0 Å². The average Bonchev–Trinajstić information content (AvgIpc) is 2.84. The summed E-state index contributed by atoms with van der Waals surface area (Å²) in [5.74, 6) is -0.122. The van der Waals surface area contributed by atoms with Crippen LogP contribution in [0.25, 0.3) is 0 Å². The first-order chi connectivity index (χ1) is 9.16. The van der Waals surface area contributed by atoms with Gasteiger partial charge in [-0.05, 0) is 31.4 Å². The molecule has 0 fully saturated rings. The Labute approximate surface area is 109 Å². The summed E-state index contributed by atoms with van der Waals surface area (Å²) in [4.78, 5) is 13.8. The molecular formula is C14H13FN2O2. The number of halogens is 1. The predicted molar refractivity (Wildman–Crippen MR) is 67.6 cm³/mol. The smallest absolute Gasteiger partial charge is 0.280 e. The lowest BCUT2D eigenvalue weighted by Gasteiger charge is -2.29. The van der Waals surface area contributed by atoms with E-state index in [9.17, 15) is 9.18 Å². The van der Waals surface area contributed by atoms with Gasteiger partial charge in [0.05, 0.1) is 5.69 Å². The number of fused-ring (bicyclic) bond motifs is 1. The van der Waals surface area contributed by atoms with Crippen LogP contribution in [0, 0.1) is 12.7 Å². The van der Waals surface area contributed by atoms with E-state index < -0.39 is 0 Å². The van der Waals surface area contributed by atoms with Crippen molar-refractivity contribution >= 4 is 11.6 Å². The zero-order chi connectivity index (χ0) is 13.4. The highest BCUT2D eigenvalue weighted by atomic mass is 19.1. The Morgan fingerprint density at radius 2 is 2.32 bits per heavy atom. The second-order valence-electron chi connectivity index (χ2n) is 4.63. The van der Waals surface area contributed by atoms with Gasteiger partial charge in [0.1, 0.15) is 11.6 Å². The van der Waals surface area contributed by atoms with Crippen LogP contribution in [0.1, 0.15) is 28.2 Å². The largest absolute Gasteiger partial charge is 0.361 e. The fraction of sp³-hybridized carbons (Fsp3) is 0.286. The highest BCUT2D eigenvalue weighted by molar-refractivity contribution is 6.05. The Bertz CT molecular complexity index is 636. The van der Waals surface area contributed by atoms with Crippen molar-refractivity contribution in [3.05, 3.63) is 47.1 Å². The second kappa shape index (κ2) is 4.50. The van der Waals surface area contributed by atoms with Crippen LogP contribution < -0.4 is 4.90 Å². The van der Waals surface area contributed by atoms with Crippen molar-refractivity contribution in [2.75, 3.05) is 11.4 Å². The van der Waals surface area contributed by atoms with Crippen molar-refractivity contribution in [3.8, 4) is 0 Å². The maximum Gasteiger partial charge on any atom is 0.280 e. The summed E-state index contributed by atoms with van der Waals surface area (Å²) >= 11 is 0. The molecule has 1 aromatic heterocycles. The third-order valence-electron chi connectivity index (χ3n) is 3.26. The fourth-order valence-electron chi connectivity index (χ4n) is 2.41. The Morgan fingerprint density at radius 3 is 3.05 bits per heavy atom. The van der Waals surface area contributed by atoms with Crippen molar-refractivity contribution in [2.24, 2.45) is 0 Å². The molecule has 4 nitrogen and oxygen atoms in total. The van der Waals surface area contributed by atoms with Gasteiger partial charge in [-0.3, -0.25) is 4.79 Å². The first kappa shape index (κ1) is 11.9. The number of carbonyl (C=O) groups excluding carboxylic acids is 1. The molecule has 1 aliphatic heterocycles. The van der Waals surface area contributed by atoms with E-state index in [1.54, 1.807) is 19.1 Å². The molecule has 2 aromatic rings. The summed E-state index contributed by atoms with van der Waals surface area (Å²) < 4.78 is 18.9. The minimum Gasteiger partial charge on any atom is -0.361 e. The van der Waals surface area contributed by atoms with Crippen LogP contribution in [0.2, 0.25) is 0 Å². The highest BCUT2D eigenvalue weighted by Gasteiger charge is 2.27. The number of rotatable bonds is 1. The van der Waals surface area contributed by atoms with E-state index in [1.807, 2.05) is 6.07 Å². The minimum absolute atomic E-state index is 0.216. The molecule has 0 saturated carbocycles. The van der Waals surface area contributed by atoms with Crippen molar-refractivity contribution in [1.82, 2.24) is 5.16 Å². The summed E-state index contributed by atoms with van der Waals surface area (Å²) in [7, 11) is 0. The zero-order valence-corrected chi connectivity index (χ0v) is 10.5. The van der Waals surface area contributed by atoms with Gasteiger partial charge < -0.3 is 9.42 Å². The number of hydrogen-bond donors (Lipinski definition) is 0. The van der Waals surface area contributed by atoms with Crippen LogP contribution >= 0.6 is 0 Å². The molecule has 1 aliphatic rings. The normalized spacial score (nSPS) is 14.3. The Balaban J connectivity index is 2.02. The van der Waals surface area contributed by atoms with E-state index in [2.05, 4.69) is 5.16 Å². The Morgan fingerprint density at radius 1 is 1.47 bits per heavy atom. The summed E-state index contributed by atoms with van der Waals surface area (Å²) in [5, 5.41) is 3.70. The zero-order valence-electron chi connectivity index (χ0n) is 10.5. The Hall–Kier alpha value is -2.17. The van der Waals surface area contributed by atoms with E-state index in [1.165, 1.54) is 11.0 Å². The van der Waals surface area contributed by atoms with Gasteiger partial charge in [-0.25, -0.2) is 4.39 Å². The van der Waals surface area contributed by atoms with Crippen LogP contribution in [0.4, 0.5) is 10.1 Å². The van der Waals surface area contributed by atoms with Gasteiger partial charge in [-0.2, -0.15) is 0 Å². The lowest BCUT2D eigenvalue weighted by atomic mass is 10.0. The van der Waals surface area contributed by atoms with Gasteiger partial charge in [-0.15, -0.1) is 0 Å². The monoisotopic (exact) mass is 260 g/mol. The molecule has 3 rings (SSSR count). The molecule has 1 aromatic carbocycles. The maximum atomic E-state index is 14.0. The van der Waals surface area contributed by atoms with Gasteiger partial charge in [0, 0.05) is 12.6 Å². The first-order valence-electron chi connectivity index (χ1n) is 6.19. The molecule has 0 unspecified atom stereocenters. The molecule has 98 valence electrons. The molecular weight excluding hydrogens is 247 g/mol. The first-order valence-corrected chi connectivity index (χ1v) is 6.19. The van der Waals surface area contributed by atoms with E-state index in [0.717, 1.165) is 18.4 Å². The molecule has 0 radical (unpaired) electrons. The number of hydrogen-bond acceptors (Lipinski definition) is 3. The molecule has 1 amide bonds. The van der Waals surface area contributed by atoms with E-state index >= 15 is 0 Å². The van der Waals surface area contributed by atoms with E-state index in [-0.39, 0.29) is 17.4 Å². The standard InChI is InChI=1S/C14H13FN2O2/c1-9-8-12(16-19-9)14(18)17-7-3-5-10-4-2-6-11(15)13(10)17/h2,4,6,8H,3,5,7H2,1H3. The van der Waals surface area contributed by atoms with Gasteiger partial charge in [-0.1, -0.05) is 17.3 Å². The summed E-state index contributed by atoms with van der Waals surface area (Å²) in [6, 6.07) is 6.46. The van der Waals surface area contributed by atoms with Crippen LogP contribution in [-0.4, -0.2) is 17.6 Å². The van der Waals surface area contributed by atoms with Crippen molar-refractivity contribution in [1.29, 1.82) is 0 Å². The number of nitrogens with zero attached hydrogens (tertiary/aromatic N) is 2. The lowest BCUT2D eigenvalue weighted by molar-refractivity contribution is 0.0975. The molecule has 0 spiro atoms. The Kier molecular flexibility index (Phi) is 2.81. The number of carbonyl (C=O) groups is 1. The number of para-hydroxylation sites is 1. The molecule has 19 heavy (non-hydrogen) atoms. The number of anilines is 1. The van der Waals surface area contributed by atoms with E-state index in [4.69, 9.17) is 4.52 Å². The predicted octanol–water partition coefficient (Wildman–Crippen LogP) is 2.72. The summed E-state index contributed by atoms with van der Waals surface area (Å²) in [5.41, 5.74) is 1.45. The van der Waals surface area contributed by atoms with Crippen LogP contribution in [0.15, 0.2) is 28.8 Å². The molecule has 0 bridgehead atoms. The van der Waals surface area contributed by atoms with Gasteiger partial charge in [0.2, 0.25) is 0 Å². The third kappa shape index (κ3) is 2.01. The quantitative estimate of drug-likeness (QED) is 0.792. The minimum atomic E-state index is -0.370. The molecule has 5 heteroatoms. The second-order valence-corrected chi connectivity index (χ2v) is 4.63. The summed E-state index contributed by atoms with van der Waals surface area (Å²) in [6.07, 6.45) is 1.60. The van der Waals surface area contributed by atoms with Gasteiger partial charge in [0.15, 0.2) is 5.69 Å². The number of amides is 1. The maximum absolute atomic E-state index is 14.0. The highest BCUT2D eigenvalue weighted by Crippen LogP contribution is 2.30. The average molecular weight is 260 g/mol. The van der Waals surface area contributed by atoms with Crippen LogP contribution in [0.3, 0.4) is 0 Å². The molecule has 0 N–H and O–H groups in total. The SMILES string of the molecule is Cc1cc(C(=O)N2CCCc3cccc(F)c32)no1. The van der Waals surface area contributed by atoms with Crippen molar-refractivity contribution < 1.29 is 13.7 Å². The summed E-state index contributed by atoms with van der Waals surface area (Å²) in [6.45, 7) is 2.22. The van der Waals surface area contributed by atoms with Gasteiger partial charge >= 0.3 is 0 Å². The van der Waals surface area contributed by atoms with E-state index in [0.29, 0.717) is 18.0 Å². The number of benzene rings is 1. The number of aryl methyl sites for hydroxylation is 2. The molecule has 0 aliphatic carbocycles. The molecule has 2 heterocycles. The lowest BCUT2D eigenvalue weighted by Crippen LogP contribution is -2.36. The third-order valence-corrected chi connectivity index (χ3v) is 3.26. The molecule has 0 saturated heterocycles. The number of aromatic nitrogens is 1.